The molecule has 0 aliphatic rings. The lowest BCUT2D eigenvalue weighted by molar-refractivity contribution is -0.118. The van der Waals surface area contributed by atoms with Gasteiger partial charge in [0.2, 0.25) is 11.0 Å². The van der Waals surface area contributed by atoms with Crippen LogP contribution in [0.2, 0.25) is 0 Å². The van der Waals surface area contributed by atoms with Crippen LogP contribution in [0.25, 0.3) is 0 Å². The number of carbonyl (C=O) groups excluding carboxylic acids is 1. The Labute approximate surface area is 185 Å². The SMILES string of the molecule is COc1ccc(CCNC(=O)CSc2nnc(Nc3ccc(C(C)C)cc3)s2)cc1. The van der Waals surface area contributed by atoms with E-state index in [1.807, 2.05) is 36.4 Å². The van der Waals surface area contributed by atoms with Crippen molar-refractivity contribution in [1.82, 2.24) is 15.5 Å². The first-order valence-corrected chi connectivity index (χ1v) is 11.6. The van der Waals surface area contributed by atoms with Crippen LogP contribution >= 0.6 is 23.1 Å². The largest absolute Gasteiger partial charge is 0.497 e. The molecule has 3 aromatic rings. The number of rotatable bonds is 10. The molecule has 6 nitrogen and oxygen atoms in total. The minimum absolute atomic E-state index is 0.0116. The maximum atomic E-state index is 12.1. The lowest BCUT2D eigenvalue weighted by Crippen LogP contribution is -2.27. The third kappa shape index (κ3) is 6.74. The summed E-state index contributed by atoms with van der Waals surface area (Å²) >= 11 is 2.84. The predicted octanol–water partition coefficient (Wildman–Crippen LogP) is 4.86. The van der Waals surface area contributed by atoms with E-state index in [1.54, 1.807) is 7.11 Å². The Hall–Kier alpha value is -2.58. The first-order valence-electron chi connectivity index (χ1n) is 9.76. The number of amides is 1. The number of thioether (sulfide) groups is 1. The van der Waals surface area contributed by atoms with Crippen molar-refractivity contribution >= 4 is 39.8 Å². The quantitative estimate of drug-likeness (QED) is 0.437. The van der Waals surface area contributed by atoms with Crippen molar-refractivity contribution in [2.24, 2.45) is 0 Å². The van der Waals surface area contributed by atoms with Crippen molar-refractivity contribution in [3.63, 3.8) is 0 Å². The Morgan fingerprint density at radius 2 is 1.83 bits per heavy atom. The summed E-state index contributed by atoms with van der Waals surface area (Å²) in [5.41, 5.74) is 3.43. The summed E-state index contributed by atoms with van der Waals surface area (Å²) in [6, 6.07) is 16.2. The summed E-state index contributed by atoms with van der Waals surface area (Å²) in [6.45, 7) is 4.94. The van der Waals surface area contributed by atoms with E-state index in [0.29, 0.717) is 18.2 Å². The van der Waals surface area contributed by atoms with Crippen molar-refractivity contribution < 1.29 is 9.53 Å². The average molecular weight is 443 g/mol. The Balaban J connectivity index is 1.39. The van der Waals surface area contributed by atoms with Gasteiger partial charge >= 0.3 is 0 Å². The molecular weight excluding hydrogens is 416 g/mol. The van der Waals surface area contributed by atoms with E-state index in [2.05, 4.69) is 46.8 Å². The topological polar surface area (TPSA) is 76.1 Å². The minimum atomic E-state index is -0.0116. The molecule has 2 aromatic carbocycles. The zero-order chi connectivity index (χ0) is 21.3. The number of nitrogens with zero attached hydrogens (tertiary/aromatic N) is 2. The van der Waals surface area contributed by atoms with E-state index < -0.39 is 0 Å². The van der Waals surface area contributed by atoms with E-state index in [0.717, 1.165) is 32.9 Å². The van der Waals surface area contributed by atoms with Crippen molar-refractivity contribution in [2.45, 2.75) is 30.5 Å². The van der Waals surface area contributed by atoms with Crippen LogP contribution in [0, 0.1) is 0 Å². The molecule has 1 amide bonds. The van der Waals surface area contributed by atoms with E-state index in [1.165, 1.54) is 28.7 Å². The van der Waals surface area contributed by atoms with Crippen molar-refractivity contribution in [3.8, 4) is 5.75 Å². The van der Waals surface area contributed by atoms with Gasteiger partial charge in [0.25, 0.3) is 0 Å². The zero-order valence-electron chi connectivity index (χ0n) is 17.3. The Kier molecular flexibility index (Phi) is 8.10. The fourth-order valence-electron chi connectivity index (χ4n) is 2.71. The molecule has 8 heteroatoms. The fraction of sp³-hybridized carbons (Fsp3) is 0.318. The van der Waals surface area contributed by atoms with Gasteiger partial charge in [-0.2, -0.15) is 0 Å². The molecule has 2 N–H and O–H groups in total. The molecule has 3 rings (SSSR count). The van der Waals surface area contributed by atoms with Crippen LogP contribution in [-0.2, 0) is 11.2 Å². The van der Waals surface area contributed by atoms with Crippen LogP contribution in [0.5, 0.6) is 5.75 Å². The second kappa shape index (κ2) is 11.0. The maximum absolute atomic E-state index is 12.1. The number of ether oxygens (including phenoxy) is 1. The number of benzene rings is 2. The first kappa shape index (κ1) is 22.1. The molecule has 0 fully saturated rings. The summed E-state index contributed by atoms with van der Waals surface area (Å²) in [5, 5.41) is 15.2. The number of carbonyl (C=O) groups is 1. The van der Waals surface area contributed by atoms with Gasteiger partial charge in [0.05, 0.1) is 12.9 Å². The Morgan fingerprint density at radius 1 is 1.10 bits per heavy atom. The second-order valence-corrected chi connectivity index (χ2v) is 9.21. The molecule has 0 saturated heterocycles. The first-order chi connectivity index (χ1) is 14.5. The predicted molar refractivity (Wildman–Crippen MR) is 124 cm³/mol. The molecule has 0 bridgehead atoms. The lowest BCUT2D eigenvalue weighted by atomic mass is 10.0. The third-order valence-electron chi connectivity index (χ3n) is 4.46. The number of hydrogen-bond donors (Lipinski definition) is 2. The number of hydrogen-bond acceptors (Lipinski definition) is 7. The average Bonchev–Trinajstić information content (AvgIpc) is 3.20. The van der Waals surface area contributed by atoms with Gasteiger partial charge in [-0.15, -0.1) is 10.2 Å². The summed E-state index contributed by atoms with van der Waals surface area (Å²) in [7, 11) is 1.65. The molecule has 30 heavy (non-hydrogen) atoms. The van der Waals surface area contributed by atoms with Gasteiger partial charge < -0.3 is 15.4 Å². The molecule has 1 heterocycles. The van der Waals surface area contributed by atoms with Crippen LogP contribution in [0.1, 0.15) is 30.9 Å². The zero-order valence-corrected chi connectivity index (χ0v) is 19.0. The van der Waals surface area contributed by atoms with Crippen LogP contribution in [-0.4, -0.2) is 35.5 Å². The highest BCUT2D eigenvalue weighted by atomic mass is 32.2. The fourth-order valence-corrected chi connectivity index (χ4v) is 4.31. The molecule has 1 aromatic heterocycles. The van der Waals surface area contributed by atoms with Gasteiger partial charge in [-0.25, -0.2) is 0 Å². The highest BCUT2D eigenvalue weighted by Crippen LogP contribution is 2.28. The molecule has 0 aliphatic carbocycles. The molecule has 0 saturated carbocycles. The van der Waals surface area contributed by atoms with Crippen molar-refractivity contribution in [2.75, 3.05) is 24.7 Å². The molecule has 0 atom stereocenters. The van der Waals surface area contributed by atoms with E-state index in [-0.39, 0.29) is 5.91 Å². The second-order valence-electron chi connectivity index (χ2n) is 7.01. The third-order valence-corrected chi connectivity index (χ3v) is 6.43. The van der Waals surface area contributed by atoms with Gasteiger partial charge in [-0.05, 0) is 47.7 Å². The van der Waals surface area contributed by atoms with Gasteiger partial charge in [-0.1, -0.05) is 61.2 Å². The van der Waals surface area contributed by atoms with Gasteiger partial charge in [0.1, 0.15) is 5.75 Å². The molecule has 0 radical (unpaired) electrons. The van der Waals surface area contributed by atoms with Crippen LogP contribution in [0.3, 0.4) is 0 Å². The van der Waals surface area contributed by atoms with Gasteiger partial charge in [0, 0.05) is 12.2 Å². The summed E-state index contributed by atoms with van der Waals surface area (Å²) in [5.74, 6) is 1.64. The Morgan fingerprint density at radius 3 is 2.50 bits per heavy atom. The van der Waals surface area contributed by atoms with Crippen LogP contribution in [0.4, 0.5) is 10.8 Å². The van der Waals surface area contributed by atoms with E-state index >= 15 is 0 Å². The summed E-state index contributed by atoms with van der Waals surface area (Å²) in [6.07, 6.45) is 0.781. The van der Waals surface area contributed by atoms with Crippen molar-refractivity contribution in [1.29, 1.82) is 0 Å². The maximum Gasteiger partial charge on any atom is 0.230 e. The van der Waals surface area contributed by atoms with E-state index in [4.69, 9.17) is 4.74 Å². The monoisotopic (exact) mass is 442 g/mol. The number of nitrogens with one attached hydrogen (secondary N) is 2. The Bertz CT molecular complexity index is 941. The normalized spacial score (nSPS) is 10.8. The van der Waals surface area contributed by atoms with Gasteiger partial charge in [-0.3, -0.25) is 4.79 Å². The minimum Gasteiger partial charge on any atom is -0.497 e. The lowest BCUT2D eigenvalue weighted by Gasteiger charge is -2.06. The smallest absolute Gasteiger partial charge is 0.230 e. The summed E-state index contributed by atoms with van der Waals surface area (Å²) < 4.78 is 5.91. The van der Waals surface area contributed by atoms with Crippen LogP contribution in [0.15, 0.2) is 52.9 Å². The molecule has 0 spiro atoms. The standard InChI is InChI=1S/C22H26N4O2S2/c1-15(2)17-6-8-18(9-7-17)24-21-25-26-22(30-21)29-14-20(27)23-13-12-16-4-10-19(28-3)11-5-16/h4-11,15H,12-14H2,1-3H3,(H,23,27)(H,24,25). The van der Waals surface area contributed by atoms with Crippen molar-refractivity contribution in [3.05, 3.63) is 59.7 Å². The van der Waals surface area contributed by atoms with E-state index in [9.17, 15) is 4.79 Å². The number of anilines is 2. The highest BCUT2D eigenvalue weighted by molar-refractivity contribution is 8.01. The molecule has 0 aliphatic heterocycles. The summed E-state index contributed by atoms with van der Waals surface area (Å²) in [4.78, 5) is 12.1. The molecule has 158 valence electrons. The molecular formula is C22H26N4O2S2. The number of aromatic nitrogens is 2. The van der Waals surface area contributed by atoms with Gasteiger partial charge in [0.15, 0.2) is 4.34 Å². The number of methoxy groups -OCH3 is 1. The highest BCUT2D eigenvalue weighted by Gasteiger charge is 2.09. The van der Waals surface area contributed by atoms with Crippen LogP contribution < -0.4 is 15.4 Å². The molecule has 0 unspecified atom stereocenters.